The highest BCUT2D eigenvalue weighted by atomic mass is 16.2. The molecule has 0 spiro atoms. The van der Waals surface area contributed by atoms with E-state index in [0.717, 1.165) is 37.4 Å². The number of anilines is 2. The minimum absolute atomic E-state index is 0.208. The number of rotatable bonds is 4. The maximum absolute atomic E-state index is 11.9. The lowest BCUT2D eigenvalue weighted by atomic mass is 10.0. The van der Waals surface area contributed by atoms with Crippen molar-refractivity contribution in [2.75, 3.05) is 30.3 Å². The van der Waals surface area contributed by atoms with E-state index in [0.29, 0.717) is 6.42 Å². The summed E-state index contributed by atoms with van der Waals surface area (Å²) in [6, 6.07) is 5.79. The Morgan fingerprint density at radius 1 is 1.41 bits per heavy atom. The summed E-state index contributed by atoms with van der Waals surface area (Å²) in [7, 11) is 0. The van der Waals surface area contributed by atoms with E-state index in [1.54, 1.807) is 0 Å². The third kappa shape index (κ3) is 2.58. The summed E-state index contributed by atoms with van der Waals surface area (Å²) in [6.45, 7) is 4.54. The Bertz CT molecular complexity index is 417. The Labute approximate surface area is 102 Å². The number of carbonyl (C=O) groups is 1. The van der Waals surface area contributed by atoms with Gasteiger partial charge < -0.3 is 16.0 Å². The van der Waals surface area contributed by atoms with Crippen LogP contribution in [-0.4, -0.2) is 25.5 Å². The van der Waals surface area contributed by atoms with Gasteiger partial charge in [-0.3, -0.25) is 4.79 Å². The summed E-state index contributed by atoms with van der Waals surface area (Å²) in [5, 5.41) is 3.24. The molecular weight excluding hydrogens is 214 g/mol. The molecule has 1 aromatic carbocycles. The fourth-order valence-electron chi connectivity index (χ4n) is 2.19. The molecule has 0 unspecified atom stereocenters. The number of likely N-dealkylation sites (N-methyl/N-ethyl adjacent to an activating group) is 1. The van der Waals surface area contributed by atoms with Gasteiger partial charge in [0.1, 0.15) is 0 Å². The average Bonchev–Trinajstić information content (AvgIpc) is 2.32. The van der Waals surface area contributed by atoms with E-state index < -0.39 is 0 Å². The number of nitrogens with two attached hydrogens (primary N) is 1. The molecule has 0 aliphatic carbocycles. The van der Waals surface area contributed by atoms with Crippen LogP contribution in [0.3, 0.4) is 0 Å². The fraction of sp³-hybridized carbons (Fsp3) is 0.462. The van der Waals surface area contributed by atoms with Crippen molar-refractivity contribution in [1.82, 2.24) is 5.32 Å². The summed E-state index contributed by atoms with van der Waals surface area (Å²) in [6.07, 6.45) is 1.39. The van der Waals surface area contributed by atoms with Gasteiger partial charge in [-0.25, -0.2) is 0 Å². The van der Waals surface area contributed by atoms with Crippen LogP contribution < -0.4 is 16.0 Å². The van der Waals surface area contributed by atoms with E-state index in [9.17, 15) is 4.79 Å². The molecule has 1 heterocycles. The monoisotopic (exact) mass is 233 g/mol. The van der Waals surface area contributed by atoms with Crippen LogP contribution >= 0.6 is 0 Å². The standard InChI is InChI=1S/C13H19N3O/c1-2-15-7-8-16-12-5-4-11(14)9-10(12)3-6-13(16)17/h4-5,9,15H,2-3,6-8,14H2,1H3. The number of hydrogen-bond acceptors (Lipinski definition) is 3. The number of aryl methyl sites for hydroxylation is 1. The molecule has 1 aliphatic heterocycles. The van der Waals surface area contributed by atoms with E-state index in [-0.39, 0.29) is 5.91 Å². The van der Waals surface area contributed by atoms with Gasteiger partial charge in [0.2, 0.25) is 5.91 Å². The van der Waals surface area contributed by atoms with Crippen molar-refractivity contribution in [1.29, 1.82) is 0 Å². The van der Waals surface area contributed by atoms with Crippen LogP contribution in [0.15, 0.2) is 18.2 Å². The van der Waals surface area contributed by atoms with Crippen LogP contribution in [0.25, 0.3) is 0 Å². The zero-order valence-corrected chi connectivity index (χ0v) is 10.2. The second kappa shape index (κ2) is 5.19. The molecule has 1 aliphatic rings. The largest absolute Gasteiger partial charge is 0.399 e. The first-order chi connectivity index (χ1) is 8.22. The third-order valence-electron chi connectivity index (χ3n) is 3.07. The van der Waals surface area contributed by atoms with Crippen LogP contribution in [-0.2, 0) is 11.2 Å². The lowest BCUT2D eigenvalue weighted by molar-refractivity contribution is -0.118. The van der Waals surface area contributed by atoms with Crippen LogP contribution in [0.2, 0.25) is 0 Å². The minimum Gasteiger partial charge on any atom is -0.399 e. The first-order valence-corrected chi connectivity index (χ1v) is 6.12. The van der Waals surface area contributed by atoms with Gasteiger partial charge in [0.05, 0.1) is 0 Å². The smallest absolute Gasteiger partial charge is 0.227 e. The van der Waals surface area contributed by atoms with Crippen LogP contribution in [0.1, 0.15) is 18.9 Å². The molecule has 0 saturated carbocycles. The first kappa shape index (κ1) is 11.9. The number of hydrogen-bond donors (Lipinski definition) is 2. The predicted molar refractivity (Wildman–Crippen MR) is 70.1 cm³/mol. The summed E-state index contributed by atoms with van der Waals surface area (Å²) in [4.78, 5) is 13.8. The maximum Gasteiger partial charge on any atom is 0.227 e. The Balaban J connectivity index is 2.18. The van der Waals surface area contributed by atoms with Gasteiger partial charge in [-0.05, 0) is 36.7 Å². The van der Waals surface area contributed by atoms with E-state index in [1.165, 1.54) is 5.56 Å². The van der Waals surface area contributed by atoms with Gasteiger partial charge in [-0.1, -0.05) is 6.92 Å². The van der Waals surface area contributed by atoms with Gasteiger partial charge in [-0.15, -0.1) is 0 Å². The average molecular weight is 233 g/mol. The van der Waals surface area contributed by atoms with Crippen LogP contribution in [0.5, 0.6) is 0 Å². The molecule has 4 heteroatoms. The first-order valence-electron chi connectivity index (χ1n) is 6.12. The molecule has 3 N–H and O–H groups in total. The molecule has 0 bridgehead atoms. The quantitative estimate of drug-likeness (QED) is 0.606. The molecule has 92 valence electrons. The Hall–Kier alpha value is -1.55. The number of fused-ring (bicyclic) bond motifs is 1. The molecule has 1 aromatic rings. The van der Waals surface area contributed by atoms with E-state index in [2.05, 4.69) is 12.2 Å². The van der Waals surface area contributed by atoms with Crippen molar-refractivity contribution < 1.29 is 4.79 Å². The Morgan fingerprint density at radius 3 is 3.00 bits per heavy atom. The number of carbonyl (C=O) groups excluding carboxylic acids is 1. The summed E-state index contributed by atoms with van der Waals surface area (Å²) in [5.74, 6) is 0.208. The zero-order valence-electron chi connectivity index (χ0n) is 10.2. The summed E-state index contributed by atoms with van der Waals surface area (Å²) < 4.78 is 0. The molecular formula is C13H19N3O. The molecule has 17 heavy (non-hydrogen) atoms. The third-order valence-corrected chi connectivity index (χ3v) is 3.07. The molecule has 2 rings (SSSR count). The SMILES string of the molecule is CCNCCN1C(=O)CCc2cc(N)ccc21. The van der Waals surface area contributed by atoms with Gasteiger partial charge in [-0.2, -0.15) is 0 Å². The summed E-state index contributed by atoms with van der Waals surface area (Å²) >= 11 is 0. The highest BCUT2D eigenvalue weighted by Gasteiger charge is 2.23. The number of amides is 1. The maximum atomic E-state index is 11.9. The molecule has 0 saturated heterocycles. The highest BCUT2D eigenvalue weighted by molar-refractivity contribution is 5.96. The number of benzene rings is 1. The zero-order chi connectivity index (χ0) is 12.3. The fourth-order valence-corrected chi connectivity index (χ4v) is 2.19. The van der Waals surface area contributed by atoms with E-state index >= 15 is 0 Å². The topological polar surface area (TPSA) is 58.4 Å². The van der Waals surface area contributed by atoms with Gasteiger partial charge in [0, 0.05) is 30.9 Å². The van der Waals surface area contributed by atoms with E-state index in [4.69, 9.17) is 5.73 Å². The van der Waals surface area contributed by atoms with Crippen molar-refractivity contribution in [2.24, 2.45) is 0 Å². The van der Waals surface area contributed by atoms with Crippen molar-refractivity contribution in [2.45, 2.75) is 19.8 Å². The molecule has 0 aromatic heterocycles. The molecule has 0 atom stereocenters. The Morgan fingerprint density at radius 2 is 2.24 bits per heavy atom. The highest BCUT2D eigenvalue weighted by Crippen LogP contribution is 2.29. The van der Waals surface area contributed by atoms with Crippen LogP contribution in [0, 0.1) is 0 Å². The second-order valence-corrected chi connectivity index (χ2v) is 4.29. The van der Waals surface area contributed by atoms with Crippen LogP contribution in [0.4, 0.5) is 11.4 Å². The lowest BCUT2D eigenvalue weighted by Crippen LogP contribution is -2.39. The second-order valence-electron chi connectivity index (χ2n) is 4.29. The van der Waals surface area contributed by atoms with Crippen molar-refractivity contribution in [3.63, 3.8) is 0 Å². The molecule has 4 nitrogen and oxygen atoms in total. The van der Waals surface area contributed by atoms with Gasteiger partial charge >= 0.3 is 0 Å². The van der Waals surface area contributed by atoms with Crippen molar-refractivity contribution in [3.05, 3.63) is 23.8 Å². The lowest BCUT2D eigenvalue weighted by Gasteiger charge is -2.29. The number of nitrogens with zero attached hydrogens (tertiary/aromatic N) is 1. The molecule has 0 radical (unpaired) electrons. The molecule has 0 fully saturated rings. The minimum atomic E-state index is 0.208. The van der Waals surface area contributed by atoms with Crippen molar-refractivity contribution in [3.8, 4) is 0 Å². The van der Waals surface area contributed by atoms with Gasteiger partial charge in [0.15, 0.2) is 0 Å². The van der Waals surface area contributed by atoms with Crippen molar-refractivity contribution >= 4 is 17.3 Å². The molecule has 1 amide bonds. The Kier molecular flexibility index (Phi) is 3.64. The summed E-state index contributed by atoms with van der Waals surface area (Å²) in [5.41, 5.74) is 8.74. The van der Waals surface area contributed by atoms with Gasteiger partial charge in [0.25, 0.3) is 0 Å². The predicted octanol–water partition coefficient (Wildman–Crippen LogP) is 1.16. The normalized spacial score (nSPS) is 14.9. The number of nitrogens with one attached hydrogen (secondary N) is 1. The van der Waals surface area contributed by atoms with E-state index in [1.807, 2.05) is 23.1 Å². The number of nitrogen functional groups attached to an aromatic ring is 1.